The largest absolute Gasteiger partial charge is 0.307 e. The van der Waals surface area contributed by atoms with Crippen molar-refractivity contribution in [2.75, 3.05) is 0 Å². The number of rotatable bonds is 1. The molecule has 0 aromatic carbocycles. The highest BCUT2D eigenvalue weighted by Crippen LogP contribution is 2.33. The van der Waals surface area contributed by atoms with Crippen LogP contribution in [-0.4, -0.2) is 14.6 Å². The maximum atomic E-state index is 11.5. The summed E-state index contributed by atoms with van der Waals surface area (Å²) in [5, 5.41) is 4.25. The number of hydrogen-bond acceptors (Lipinski definition) is 2. The smallest absolute Gasteiger partial charge is 0.251 e. The lowest BCUT2D eigenvalue weighted by molar-refractivity contribution is 0.659. The van der Waals surface area contributed by atoms with Gasteiger partial charge in [-0.3, -0.25) is 4.79 Å². The second-order valence-corrected chi connectivity index (χ2v) is 4.17. The Morgan fingerprint density at radius 3 is 3.00 bits per heavy atom. The number of aromatic nitrogens is 3. The van der Waals surface area contributed by atoms with E-state index in [-0.39, 0.29) is 5.56 Å². The van der Waals surface area contributed by atoms with Gasteiger partial charge in [0.25, 0.3) is 5.56 Å². The molecule has 2 aromatic rings. The summed E-state index contributed by atoms with van der Waals surface area (Å²) < 4.78 is 1.86. The highest BCUT2D eigenvalue weighted by Gasteiger charge is 2.20. The van der Waals surface area contributed by atoms with E-state index in [0.717, 1.165) is 11.3 Å². The molecule has 0 aliphatic heterocycles. The summed E-state index contributed by atoms with van der Waals surface area (Å²) in [6.45, 7) is 0. The molecule has 2 heterocycles. The minimum atomic E-state index is -0.0232. The lowest BCUT2D eigenvalue weighted by atomic mass is 10.0. The van der Waals surface area contributed by atoms with E-state index in [1.54, 1.807) is 12.3 Å². The van der Waals surface area contributed by atoms with E-state index in [9.17, 15) is 4.79 Å². The first-order valence-corrected chi connectivity index (χ1v) is 5.41. The van der Waals surface area contributed by atoms with Crippen LogP contribution in [0.4, 0.5) is 0 Å². The maximum Gasteiger partial charge on any atom is 0.251 e. The third-order valence-electron chi connectivity index (χ3n) is 3.19. The molecule has 0 bridgehead atoms. The number of nitrogens with zero attached hydrogens (tertiary/aromatic N) is 2. The van der Waals surface area contributed by atoms with E-state index in [2.05, 4.69) is 10.1 Å². The highest BCUT2D eigenvalue weighted by molar-refractivity contribution is 5.37. The van der Waals surface area contributed by atoms with Gasteiger partial charge >= 0.3 is 0 Å². The van der Waals surface area contributed by atoms with Crippen molar-refractivity contribution < 1.29 is 0 Å². The molecule has 1 aliphatic rings. The van der Waals surface area contributed by atoms with E-state index in [1.165, 1.54) is 25.7 Å². The lowest BCUT2D eigenvalue weighted by Crippen LogP contribution is -2.13. The summed E-state index contributed by atoms with van der Waals surface area (Å²) in [7, 11) is 0. The van der Waals surface area contributed by atoms with Crippen molar-refractivity contribution in [2.45, 2.75) is 31.6 Å². The molecule has 0 amide bonds. The Labute approximate surface area is 86.9 Å². The quantitative estimate of drug-likeness (QED) is 0.766. The summed E-state index contributed by atoms with van der Waals surface area (Å²) in [5.74, 6) is 0.509. The molecule has 0 unspecified atom stereocenters. The van der Waals surface area contributed by atoms with Gasteiger partial charge in [-0.05, 0) is 12.8 Å². The first-order chi connectivity index (χ1) is 7.34. The van der Waals surface area contributed by atoms with Crippen molar-refractivity contribution >= 4 is 5.65 Å². The summed E-state index contributed by atoms with van der Waals surface area (Å²) in [5.41, 5.74) is 1.84. The zero-order valence-corrected chi connectivity index (χ0v) is 8.44. The van der Waals surface area contributed by atoms with Crippen LogP contribution in [0.1, 0.15) is 37.3 Å². The zero-order chi connectivity index (χ0) is 10.3. The minimum absolute atomic E-state index is 0.0232. The minimum Gasteiger partial charge on any atom is -0.307 e. The summed E-state index contributed by atoms with van der Waals surface area (Å²) >= 11 is 0. The Morgan fingerprint density at radius 1 is 1.40 bits per heavy atom. The van der Waals surface area contributed by atoms with Crippen LogP contribution in [0.25, 0.3) is 5.65 Å². The van der Waals surface area contributed by atoms with Gasteiger partial charge in [-0.2, -0.15) is 5.10 Å². The summed E-state index contributed by atoms with van der Waals surface area (Å²) in [6.07, 6.45) is 6.61. The van der Waals surface area contributed by atoms with Crippen molar-refractivity contribution in [3.05, 3.63) is 34.4 Å². The maximum absolute atomic E-state index is 11.5. The SMILES string of the molecule is O=c1cc(C2CCCC2)n2nccc2[nH]1. The number of nitrogens with one attached hydrogen (secondary N) is 1. The second kappa shape index (κ2) is 3.22. The molecule has 15 heavy (non-hydrogen) atoms. The fraction of sp³-hybridized carbons (Fsp3) is 0.455. The molecular formula is C11H13N3O. The van der Waals surface area contributed by atoms with Crippen molar-refractivity contribution in [3.8, 4) is 0 Å². The van der Waals surface area contributed by atoms with Gasteiger partial charge in [0.1, 0.15) is 5.65 Å². The van der Waals surface area contributed by atoms with E-state index in [0.29, 0.717) is 5.92 Å². The van der Waals surface area contributed by atoms with Crippen molar-refractivity contribution in [1.82, 2.24) is 14.6 Å². The van der Waals surface area contributed by atoms with Crippen LogP contribution >= 0.6 is 0 Å². The van der Waals surface area contributed by atoms with Gasteiger partial charge in [0.05, 0.1) is 11.9 Å². The third-order valence-corrected chi connectivity index (χ3v) is 3.19. The van der Waals surface area contributed by atoms with E-state index >= 15 is 0 Å². The van der Waals surface area contributed by atoms with E-state index in [4.69, 9.17) is 0 Å². The Kier molecular flexibility index (Phi) is 1.87. The van der Waals surface area contributed by atoms with E-state index < -0.39 is 0 Å². The molecule has 0 saturated heterocycles. The van der Waals surface area contributed by atoms with Gasteiger partial charge in [0.15, 0.2) is 0 Å². The Morgan fingerprint density at radius 2 is 2.20 bits per heavy atom. The lowest BCUT2D eigenvalue weighted by Gasteiger charge is -2.10. The molecule has 1 aliphatic carbocycles. The van der Waals surface area contributed by atoms with Gasteiger partial charge in [0, 0.05) is 18.1 Å². The molecule has 0 radical (unpaired) electrons. The second-order valence-electron chi connectivity index (χ2n) is 4.17. The number of H-pyrrole nitrogens is 1. The van der Waals surface area contributed by atoms with Crippen molar-refractivity contribution in [1.29, 1.82) is 0 Å². The molecule has 78 valence electrons. The fourth-order valence-electron chi connectivity index (χ4n) is 2.47. The molecule has 3 rings (SSSR count). The average molecular weight is 203 g/mol. The van der Waals surface area contributed by atoms with Gasteiger partial charge in [-0.1, -0.05) is 12.8 Å². The molecule has 0 atom stereocenters. The molecule has 2 aromatic heterocycles. The normalized spacial score (nSPS) is 17.6. The Balaban J connectivity index is 2.22. The van der Waals surface area contributed by atoms with Gasteiger partial charge in [-0.25, -0.2) is 4.52 Å². The molecule has 4 heteroatoms. The van der Waals surface area contributed by atoms with Crippen molar-refractivity contribution in [3.63, 3.8) is 0 Å². The summed E-state index contributed by atoms with van der Waals surface area (Å²) in [4.78, 5) is 14.2. The van der Waals surface area contributed by atoms with Crippen LogP contribution in [0, 0.1) is 0 Å². The molecular weight excluding hydrogens is 190 g/mol. The van der Waals surface area contributed by atoms with Gasteiger partial charge < -0.3 is 4.98 Å². The van der Waals surface area contributed by atoms with Crippen LogP contribution in [-0.2, 0) is 0 Å². The zero-order valence-electron chi connectivity index (χ0n) is 8.44. The van der Waals surface area contributed by atoms with Crippen molar-refractivity contribution in [2.24, 2.45) is 0 Å². The monoisotopic (exact) mass is 203 g/mol. The highest BCUT2D eigenvalue weighted by atomic mass is 16.1. The van der Waals surface area contributed by atoms with Gasteiger partial charge in [0.2, 0.25) is 0 Å². The molecule has 4 nitrogen and oxygen atoms in total. The molecule has 1 saturated carbocycles. The van der Waals surface area contributed by atoms with Crippen LogP contribution in [0.5, 0.6) is 0 Å². The predicted molar refractivity (Wildman–Crippen MR) is 57.0 cm³/mol. The van der Waals surface area contributed by atoms with Gasteiger partial charge in [-0.15, -0.1) is 0 Å². The molecule has 0 spiro atoms. The number of aromatic amines is 1. The average Bonchev–Trinajstić information content (AvgIpc) is 2.86. The predicted octanol–water partition coefficient (Wildman–Crippen LogP) is 1.68. The summed E-state index contributed by atoms with van der Waals surface area (Å²) in [6, 6.07) is 3.52. The van der Waals surface area contributed by atoms with E-state index in [1.807, 2.05) is 10.6 Å². The van der Waals surface area contributed by atoms with Crippen LogP contribution < -0.4 is 5.56 Å². The molecule has 1 N–H and O–H groups in total. The number of hydrogen-bond donors (Lipinski definition) is 1. The first-order valence-electron chi connectivity index (χ1n) is 5.41. The topological polar surface area (TPSA) is 50.2 Å². The Hall–Kier alpha value is -1.58. The van der Waals surface area contributed by atoms with Crippen LogP contribution in [0.2, 0.25) is 0 Å². The van der Waals surface area contributed by atoms with Crippen LogP contribution in [0.3, 0.4) is 0 Å². The standard InChI is InChI=1S/C11H13N3O/c15-11-7-9(8-3-1-2-4-8)14-10(13-11)5-6-12-14/h5-8H,1-4H2,(H,13,15). The molecule has 1 fully saturated rings. The third kappa shape index (κ3) is 1.37. The first kappa shape index (κ1) is 8.71. The fourth-order valence-corrected chi connectivity index (χ4v) is 2.47. The number of fused-ring (bicyclic) bond motifs is 1. The van der Waals surface area contributed by atoms with Crippen LogP contribution in [0.15, 0.2) is 23.1 Å². The Bertz CT molecular complexity index is 534.